The predicted molar refractivity (Wildman–Crippen MR) is 132 cm³/mol. The molecule has 3 aromatic rings. The molecule has 2 N–H and O–H groups in total. The van der Waals surface area contributed by atoms with Crippen molar-refractivity contribution in [3.05, 3.63) is 53.9 Å². The third kappa shape index (κ3) is 5.78. The minimum atomic E-state index is 0. The molecular weight excluding hydrogens is 493 g/mol. The van der Waals surface area contributed by atoms with Gasteiger partial charge in [-0.3, -0.25) is 0 Å². The summed E-state index contributed by atoms with van der Waals surface area (Å²) in [5.41, 5.74) is 3.23. The molecule has 0 saturated carbocycles. The van der Waals surface area contributed by atoms with Gasteiger partial charge >= 0.3 is 0 Å². The first-order valence-corrected chi connectivity index (χ1v) is 9.81. The molecule has 162 valence electrons. The lowest BCUT2D eigenvalue weighted by molar-refractivity contribution is 0.354. The van der Waals surface area contributed by atoms with E-state index in [1.54, 1.807) is 14.2 Å². The highest BCUT2D eigenvalue weighted by Crippen LogP contribution is 2.27. The molecule has 0 atom stereocenters. The topological polar surface area (TPSA) is 72.7 Å². The average molecular weight is 523 g/mol. The fraction of sp³-hybridized carbons (Fsp3) is 0.364. The second-order valence-electron chi connectivity index (χ2n) is 6.61. The summed E-state index contributed by atoms with van der Waals surface area (Å²) < 4.78 is 12.9. The molecule has 0 aliphatic heterocycles. The zero-order chi connectivity index (χ0) is 20.6. The Kier molecular flexibility index (Phi) is 9.22. The fourth-order valence-electron chi connectivity index (χ4n) is 3.26. The van der Waals surface area contributed by atoms with Crippen LogP contribution in [0.1, 0.15) is 18.3 Å². The molecule has 1 heterocycles. The SMILES string of the molecule is CCNC(=NCc1ccc(OC)c(OC)c1)NCCn1c(C)nc2ccccc21.I. The number of hydrogen-bond acceptors (Lipinski definition) is 4. The summed E-state index contributed by atoms with van der Waals surface area (Å²) in [6.07, 6.45) is 0. The van der Waals surface area contributed by atoms with E-state index >= 15 is 0 Å². The van der Waals surface area contributed by atoms with Crippen LogP contribution in [0.5, 0.6) is 11.5 Å². The highest BCUT2D eigenvalue weighted by Gasteiger charge is 2.07. The van der Waals surface area contributed by atoms with E-state index in [0.29, 0.717) is 18.0 Å². The summed E-state index contributed by atoms with van der Waals surface area (Å²) in [6, 6.07) is 14.1. The Morgan fingerprint density at radius 3 is 2.57 bits per heavy atom. The van der Waals surface area contributed by atoms with Crippen LogP contribution in [0.4, 0.5) is 0 Å². The zero-order valence-corrected chi connectivity index (χ0v) is 20.3. The molecule has 0 aliphatic rings. The van der Waals surface area contributed by atoms with Crippen molar-refractivity contribution in [3.63, 3.8) is 0 Å². The summed E-state index contributed by atoms with van der Waals surface area (Å²) in [5.74, 6) is 3.22. The lowest BCUT2D eigenvalue weighted by atomic mass is 10.2. The van der Waals surface area contributed by atoms with E-state index in [9.17, 15) is 0 Å². The molecule has 3 rings (SSSR count). The molecule has 0 spiro atoms. The van der Waals surface area contributed by atoms with Gasteiger partial charge in [-0.25, -0.2) is 9.98 Å². The summed E-state index contributed by atoms with van der Waals surface area (Å²) >= 11 is 0. The van der Waals surface area contributed by atoms with Crippen LogP contribution in [0.25, 0.3) is 11.0 Å². The van der Waals surface area contributed by atoms with Gasteiger partial charge in [0.25, 0.3) is 0 Å². The van der Waals surface area contributed by atoms with Gasteiger partial charge in [-0.05, 0) is 43.7 Å². The minimum absolute atomic E-state index is 0. The van der Waals surface area contributed by atoms with Crippen molar-refractivity contribution in [2.45, 2.75) is 26.9 Å². The molecule has 2 aromatic carbocycles. The van der Waals surface area contributed by atoms with Gasteiger partial charge in [0, 0.05) is 19.6 Å². The Morgan fingerprint density at radius 1 is 1.07 bits per heavy atom. The summed E-state index contributed by atoms with van der Waals surface area (Å²) in [6.45, 7) is 7.00. The van der Waals surface area contributed by atoms with E-state index in [1.165, 1.54) is 0 Å². The van der Waals surface area contributed by atoms with Gasteiger partial charge in [0.05, 0.1) is 31.8 Å². The van der Waals surface area contributed by atoms with Gasteiger partial charge in [0.15, 0.2) is 17.5 Å². The lowest BCUT2D eigenvalue weighted by Crippen LogP contribution is -2.38. The Bertz CT molecular complexity index is 987. The molecule has 8 heteroatoms. The van der Waals surface area contributed by atoms with Gasteiger partial charge in [0.1, 0.15) is 5.82 Å². The quantitative estimate of drug-likeness (QED) is 0.268. The molecular formula is C22H30IN5O2. The number of halogens is 1. The summed E-state index contributed by atoms with van der Waals surface area (Å²) in [4.78, 5) is 9.31. The van der Waals surface area contributed by atoms with Crippen molar-refractivity contribution < 1.29 is 9.47 Å². The van der Waals surface area contributed by atoms with Gasteiger partial charge in [-0.15, -0.1) is 24.0 Å². The van der Waals surface area contributed by atoms with Crippen molar-refractivity contribution in [2.75, 3.05) is 27.3 Å². The second kappa shape index (κ2) is 11.6. The van der Waals surface area contributed by atoms with Crippen LogP contribution in [-0.2, 0) is 13.1 Å². The van der Waals surface area contributed by atoms with Crippen LogP contribution >= 0.6 is 24.0 Å². The Labute approximate surface area is 194 Å². The highest BCUT2D eigenvalue weighted by molar-refractivity contribution is 14.0. The van der Waals surface area contributed by atoms with Crippen LogP contribution < -0.4 is 20.1 Å². The fourth-order valence-corrected chi connectivity index (χ4v) is 3.26. The molecule has 0 bridgehead atoms. The maximum Gasteiger partial charge on any atom is 0.191 e. The molecule has 0 amide bonds. The van der Waals surface area contributed by atoms with Crippen LogP contribution in [0.2, 0.25) is 0 Å². The van der Waals surface area contributed by atoms with E-state index in [0.717, 1.165) is 48.0 Å². The monoisotopic (exact) mass is 523 g/mol. The normalized spacial score (nSPS) is 11.1. The van der Waals surface area contributed by atoms with Crippen LogP contribution in [0.3, 0.4) is 0 Å². The Morgan fingerprint density at radius 2 is 1.83 bits per heavy atom. The number of nitrogens with zero attached hydrogens (tertiary/aromatic N) is 3. The summed E-state index contributed by atoms with van der Waals surface area (Å²) in [5, 5.41) is 6.70. The molecule has 0 aliphatic carbocycles. The predicted octanol–water partition coefficient (Wildman–Crippen LogP) is 3.74. The number of methoxy groups -OCH3 is 2. The standard InChI is InChI=1S/C22H29N5O2.HI/c1-5-23-22(25-15-17-10-11-20(28-3)21(14-17)29-4)24-12-13-27-16(2)26-18-8-6-7-9-19(18)27;/h6-11,14H,5,12-13,15H2,1-4H3,(H2,23,24,25);1H. The van der Waals surface area contributed by atoms with Gasteiger partial charge in [0.2, 0.25) is 0 Å². The van der Waals surface area contributed by atoms with Crippen LogP contribution in [0.15, 0.2) is 47.5 Å². The number of nitrogens with one attached hydrogen (secondary N) is 2. The smallest absolute Gasteiger partial charge is 0.191 e. The molecule has 1 aromatic heterocycles. The van der Waals surface area contributed by atoms with Gasteiger partial charge in [-0.1, -0.05) is 18.2 Å². The number of para-hydroxylation sites is 2. The summed E-state index contributed by atoms with van der Waals surface area (Å²) in [7, 11) is 3.27. The molecule has 30 heavy (non-hydrogen) atoms. The number of rotatable bonds is 8. The number of hydrogen-bond donors (Lipinski definition) is 2. The first kappa shape index (κ1) is 23.8. The van der Waals surface area contributed by atoms with Crippen molar-refractivity contribution in [2.24, 2.45) is 4.99 Å². The number of imidazole rings is 1. The van der Waals surface area contributed by atoms with E-state index < -0.39 is 0 Å². The number of ether oxygens (including phenoxy) is 2. The Hall–Kier alpha value is -2.49. The first-order chi connectivity index (χ1) is 14.2. The second-order valence-corrected chi connectivity index (χ2v) is 6.61. The third-order valence-electron chi connectivity index (χ3n) is 4.69. The highest BCUT2D eigenvalue weighted by atomic mass is 127. The number of guanidine groups is 1. The van der Waals surface area contributed by atoms with Crippen LogP contribution in [0, 0.1) is 6.92 Å². The van der Waals surface area contributed by atoms with Crippen molar-refractivity contribution in [1.29, 1.82) is 0 Å². The van der Waals surface area contributed by atoms with Crippen LogP contribution in [-0.4, -0.2) is 42.8 Å². The molecule has 0 unspecified atom stereocenters. The van der Waals surface area contributed by atoms with Crippen molar-refractivity contribution in [1.82, 2.24) is 20.2 Å². The molecule has 0 radical (unpaired) electrons. The number of aromatic nitrogens is 2. The number of aryl methyl sites for hydroxylation is 1. The maximum atomic E-state index is 5.37. The van der Waals surface area contributed by atoms with E-state index in [4.69, 9.17) is 14.5 Å². The number of fused-ring (bicyclic) bond motifs is 1. The number of aliphatic imine (C=N–C) groups is 1. The van der Waals surface area contributed by atoms with E-state index in [-0.39, 0.29) is 24.0 Å². The van der Waals surface area contributed by atoms with Gasteiger partial charge < -0.3 is 24.7 Å². The average Bonchev–Trinajstić information content (AvgIpc) is 3.07. The molecule has 0 saturated heterocycles. The third-order valence-corrected chi connectivity index (χ3v) is 4.69. The first-order valence-electron chi connectivity index (χ1n) is 9.81. The lowest BCUT2D eigenvalue weighted by Gasteiger charge is -2.13. The van der Waals surface area contributed by atoms with Crippen molar-refractivity contribution in [3.8, 4) is 11.5 Å². The number of benzene rings is 2. The minimum Gasteiger partial charge on any atom is -0.493 e. The zero-order valence-electron chi connectivity index (χ0n) is 17.9. The molecule has 0 fully saturated rings. The van der Waals surface area contributed by atoms with E-state index in [2.05, 4.69) is 33.2 Å². The van der Waals surface area contributed by atoms with E-state index in [1.807, 2.05) is 43.3 Å². The van der Waals surface area contributed by atoms with Crippen molar-refractivity contribution >= 4 is 41.0 Å². The maximum absolute atomic E-state index is 5.37. The van der Waals surface area contributed by atoms with Gasteiger partial charge in [-0.2, -0.15) is 0 Å². The largest absolute Gasteiger partial charge is 0.493 e. The molecule has 7 nitrogen and oxygen atoms in total. The Balaban J connectivity index is 0.00000320.